The molecule has 2 aliphatic rings. The Morgan fingerprint density at radius 2 is 1.97 bits per heavy atom. The number of fused-ring (bicyclic) bond motifs is 1. The number of nitrogens with zero attached hydrogens (tertiary/aromatic N) is 3. The lowest BCUT2D eigenvalue weighted by Crippen LogP contribution is -2.54. The average Bonchev–Trinajstić information content (AvgIpc) is 3.08. The summed E-state index contributed by atoms with van der Waals surface area (Å²) in [5, 5.41) is 0. The van der Waals surface area contributed by atoms with Crippen LogP contribution in [0.5, 0.6) is 0 Å². The second kappa shape index (κ2) is 7.39. The molecule has 1 unspecified atom stereocenters. The molecule has 0 aliphatic carbocycles. The summed E-state index contributed by atoms with van der Waals surface area (Å²) >= 11 is 0. The van der Waals surface area contributed by atoms with Crippen molar-refractivity contribution < 1.29 is 14.3 Å². The number of pyridine rings is 1. The Labute approximate surface area is 169 Å². The Balaban J connectivity index is 1.67. The van der Waals surface area contributed by atoms with E-state index in [4.69, 9.17) is 4.74 Å². The van der Waals surface area contributed by atoms with E-state index in [1.54, 1.807) is 29.0 Å². The molecule has 1 aromatic heterocycles. The van der Waals surface area contributed by atoms with E-state index in [0.29, 0.717) is 31.1 Å². The molecule has 2 aliphatic heterocycles. The maximum atomic E-state index is 13.3. The van der Waals surface area contributed by atoms with Crippen LogP contribution in [0.2, 0.25) is 0 Å². The normalized spacial score (nSPS) is 18.8. The van der Waals surface area contributed by atoms with Gasteiger partial charge < -0.3 is 9.64 Å². The first kappa shape index (κ1) is 19.2. The highest BCUT2D eigenvalue weighted by atomic mass is 16.6. The molecule has 0 saturated carbocycles. The second-order valence-corrected chi connectivity index (χ2v) is 7.97. The first-order chi connectivity index (χ1) is 13.9. The zero-order valence-corrected chi connectivity index (χ0v) is 16.9. The van der Waals surface area contributed by atoms with Gasteiger partial charge >= 0.3 is 6.09 Å². The molecule has 7 nitrogen and oxygen atoms in total. The van der Waals surface area contributed by atoms with Crippen LogP contribution in [0.1, 0.15) is 41.3 Å². The smallest absolute Gasteiger partial charge is 0.410 e. The topological polar surface area (TPSA) is 71.9 Å². The van der Waals surface area contributed by atoms with E-state index >= 15 is 0 Å². The van der Waals surface area contributed by atoms with Crippen molar-refractivity contribution >= 4 is 12.0 Å². The molecule has 0 radical (unpaired) electrons. The van der Waals surface area contributed by atoms with Crippen LogP contribution in [0.25, 0.3) is 5.69 Å². The minimum Gasteiger partial charge on any atom is -0.447 e. The zero-order valence-electron chi connectivity index (χ0n) is 16.9. The number of hydrogen-bond acceptors (Lipinski definition) is 4. The molecule has 2 aromatic rings. The van der Waals surface area contributed by atoms with Crippen molar-refractivity contribution in [3.8, 4) is 5.69 Å². The molecule has 152 valence electrons. The Bertz CT molecular complexity index is 1030. The Kier molecular flexibility index (Phi) is 4.90. The van der Waals surface area contributed by atoms with Crippen molar-refractivity contribution in [3.05, 3.63) is 63.6 Å². The highest BCUT2D eigenvalue weighted by Gasteiger charge is 2.39. The Hall–Kier alpha value is -3.09. The summed E-state index contributed by atoms with van der Waals surface area (Å²) in [5.74, 6) is 0.0469. The number of benzene rings is 1. The highest BCUT2D eigenvalue weighted by Crippen LogP contribution is 2.21. The van der Waals surface area contributed by atoms with Crippen molar-refractivity contribution in [2.24, 2.45) is 0 Å². The van der Waals surface area contributed by atoms with Gasteiger partial charge in [-0.3, -0.25) is 19.1 Å². The number of cyclic esters (lactones) is 1. The summed E-state index contributed by atoms with van der Waals surface area (Å²) in [6, 6.07) is 9.47. The van der Waals surface area contributed by atoms with Gasteiger partial charge in [0.2, 0.25) is 0 Å². The maximum Gasteiger partial charge on any atom is 0.410 e. The zero-order chi connectivity index (χ0) is 20.7. The third kappa shape index (κ3) is 3.41. The van der Waals surface area contributed by atoms with E-state index in [9.17, 15) is 14.4 Å². The van der Waals surface area contributed by atoms with E-state index < -0.39 is 0 Å². The predicted molar refractivity (Wildman–Crippen MR) is 109 cm³/mol. The third-order valence-electron chi connectivity index (χ3n) is 5.73. The lowest BCUT2D eigenvalue weighted by molar-refractivity contribution is 0.0614. The van der Waals surface area contributed by atoms with Crippen LogP contribution in [-0.2, 0) is 4.74 Å². The summed E-state index contributed by atoms with van der Waals surface area (Å²) in [5.41, 5.74) is 2.38. The molecule has 0 bridgehead atoms. The van der Waals surface area contributed by atoms with Crippen LogP contribution in [0.3, 0.4) is 0 Å². The minimum absolute atomic E-state index is 0.144. The number of carbonyl (C=O) groups excluding carboxylic acids is 2. The molecule has 1 atom stereocenters. The van der Waals surface area contributed by atoms with E-state index in [1.165, 1.54) is 4.57 Å². The monoisotopic (exact) mass is 395 g/mol. The van der Waals surface area contributed by atoms with Crippen molar-refractivity contribution in [1.82, 2.24) is 14.4 Å². The summed E-state index contributed by atoms with van der Waals surface area (Å²) in [6.45, 7) is 7.45. The molecule has 4 rings (SSSR count). The lowest BCUT2D eigenvalue weighted by Gasteiger charge is -2.35. The maximum absolute atomic E-state index is 13.3. The van der Waals surface area contributed by atoms with Crippen molar-refractivity contribution in [1.29, 1.82) is 0 Å². The van der Waals surface area contributed by atoms with Crippen molar-refractivity contribution in [2.45, 2.75) is 32.7 Å². The van der Waals surface area contributed by atoms with Crippen molar-refractivity contribution in [2.75, 3.05) is 26.2 Å². The Morgan fingerprint density at radius 1 is 1.17 bits per heavy atom. The van der Waals surface area contributed by atoms with Gasteiger partial charge in [-0.1, -0.05) is 26.0 Å². The quantitative estimate of drug-likeness (QED) is 0.801. The molecule has 7 heteroatoms. The predicted octanol–water partition coefficient (Wildman–Crippen LogP) is 2.55. The van der Waals surface area contributed by atoms with Gasteiger partial charge in [-0.05, 0) is 42.2 Å². The lowest BCUT2D eigenvalue weighted by atomic mass is 10.0. The van der Waals surface area contributed by atoms with E-state index in [1.807, 2.05) is 24.3 Å². The summed E-state index contributed by atoms with van der Waals surface area (Å²) in [4.78, 5) is 41.5. The van der Waals surface area contributed by atoms with E-state index in [2.05, 4.69) is 13.8 Å². The molecular formula is C22H25N3O4. The highest BCUT2D eigenvalue weighted by molar-refractivity contribution is 5.95. The fourth-order valence-corrected chi connectivity index (χ4v) is 3.95. The molecule has 0 N–H and O–H groups in total. The van der Waals surface area contributed by atoms with Crippen LogP contribution in [0.4, 0.5) is 4.79 Å². The van der Waals surface area contributed by atoms with Crippen LogP contribution in [0, 0.1) is 6.92 Å². The first-order valence-electron chi connectivity index (χ1n) is 9.92. The minimum atomic E-state index is -0.328. The Morgan fingerprint density at radius 3 is 2.72 bits per heavy atom. The second-order valence-electron chi connectivity index (χ2n) is 7.97. The van der Waals surface area contributed by atoms with Gasteiger partial charge in [-0.25, -0.2) is 4.79 Å². The fourth-order valence-electron chi connectivity index (χ4n) is 3.95. The summed E-state index contributed by atoms with van der Waals surface area (Å²) in [6.07, 6.45) is 1.39. The van der Waals surface area contributed by atoms with Gasteiger partial charge in [0, 0.05) is 31.5 Å². The average molecular weight is 395 g/mol. The largest absolute Gasteiger partial charge is 0.447 e. The van der Waals surface area contributed by atoms with Gasteiger partial charge in [0.25, 0.3) is 11.5 Å². The number of rotatable bonds is 3. The number of aryl methyl sites for hydroxylation is 1. The number of ether oxygens (including phenoxy) is 1. The van der Waals surface area contributed by atoms with Gasteiger partial charge in [0.1, 0.15) is 12.2 Å². The van der Waals surface area contributed by atoms with Crippen molar-refractivity contribution in [3.63, 3.8) is 0 Å². The number of carbonyl (C=O) groups is 2. The standard InChI is InChI=1S/C22H25N3O4/c1-14(2)16-5-4-6-17(11-16)24-8-7-15(3)19(21(24)27)20(26)23-9-10-25-18(12-23)13-29-22(25)28/h4-8,11,14,18H,9-10,12-13H2,1-3H3. The van der Waals surface area contributed by atoms with Gasteiger partial charge in [0.05, 0.1) is 6.04 Å². The fraction of sp³-hybridized carbons (Fsp3) is 0.409. The third-order valence-corrected chi connectivity index (χ3v) is 5.73. The molecule has 29 heavy (non-hydrogen) atoms. The molecule has 2 saturated heterocycles. The molecule has 0 spiro atoms. The number of amides is 2. The van der Waals surface area contributed by atoms with Gasteiger partial charge in [-0.15, -0.1) is 0 Å². The molecule has 3 heterocycles. The van der Waals surface area contributed by atoms with Crippen LogP contribution in [0.15, 0.2) is 41.3 Å². The summed E-state index contributed by atoms with van der Waals surface area (Å²) in [7, 11) is 0. The van der Waals surface area contributed by atoms with Gasteiger partial charge in [0.15, 0.2) is 0 Å². The summed E-state index contributed by atoms with van der Waals surface area (Å²) < 4.78 is 6.60. The molecule has 2 fully saturated rings. The number of piperazine rings is 1. The van der Waals surface area contributed by atoms with Crippen LogP contribution in [-0.4, -0.2) is 58.7 Å². The SMILES string of the molecule is Cc1ccn(-c2cccc(C(C)C)c2)c(=O)c1C(=O)N1CCN2C(=O)OCC2C1. The van der Waals surface area contributed by atoms with Crippen LogP contribution < -0.4 is 5.56 Å². The molecule has 1 aromatic carbocycles. The number of aromatic nitrogens is 1. The van der Waals surface area contributed by atoms with Crippen LogP contribution >= 0.6 is 0 Å². The first-order valence-corrected chi connectivity index (χ1v) is 9.92. The van der Waals surface area contributed by atoms with Gasteiger partial charge in [-0.2, -0.15) is 0 Å². The molecule has 2 amide bonds. The number of hydrogen-bond donors (Lipinski definition) is 0. The van der Waals surface area contributed by atoms with E-state index in [0.717, 1.165) is 11.3 Å². The molecular weight excluding hydrogens is 370 g/mol. The van der Waals surface area contributed by atoms with E-state index in [-0.39, 0.29) is 35.8 Å².